The molecule has 5 heteroatoms. The predicted molar refractivity (Wildman–Crippen MR) is 61.0 cm³/mol. The molecule has 0 heterocycles. The van der Waals surface area contributed by atoms with Crippen molar-refractivity contribution in [1.29, 1.82) is 0 Å². The Bertz CT molecular complexity index is 393. The summed E-state index contributed by atoms with van der Waals surface area (Å²) in [4.78, 5) is 10.9. The number of aliphatic carboxylic acids is 1. The summed E-state index contributed by atoms with van der Waals surface area (Å²) in [5, 5.41) is 8.94. The first-order valence-corrected chi connectivity index (χ1v) is 5.55. The Kier molecular flexibility index (Phi) is 4.29. The monoisotopic (exact) mass is 290 g/mol. The fourth-order valence-corrected chi connectivity index (χ4v) is 1.62. The van der Waals surface area contributed by atoms with E-state index >= 15 is 0 Å². The summed E-state index contributed by atoms with van der Waals surface area (Å²) in [6.45, 7) is 3.49. The van der Waals surface area contributed by atoms with Crippen LogP contribution in [0.15, 0.2) is 22.7 Å². The Morgan fingerprint density at radius 3 is 2.56 bits per heavy atom. The lowest BCUT2D eigenvalue weighted by atomic mass is 10.1. The number of carboxylic acids is 1. The highest BCUT2D eigenvalue weighted by Gasteiger charge is 2.24. The normalized spacial score (nSPS) is 12.6. The van der Waals surface area contributed by atoms with Gasteiger partial charge in [-0.1, -0.05) is 13.8 Å². The SMILES string of the molecule is CC(C)C(Oc1ccc(F)cc1Br)C(=O)O. The van der Waals surface area contributed by atoms with Gasteiger partial charge in [0.15, 0.2) is 6.10 Å². The van der Waals surface area contributed by atoms with Crippen LogP contribution in [-0.2, 0) is 4.79 Å². The fourth-order valence-electron chi connectivity index (χ4n) is 1.18. The Balaban J connectivity index is 2.90. The summed E-state index contributed by atoms with van der Waals surface area (Å²) in [5.41, 5.74) is 0. The molecule has 88 valence electrons. The summed E-state index contributed by atoms with van der Waals surface area (Å²) in [5.74, 6) is -1.29. The van der Waals surface area contributed by atoms with Crippen LogP contribution in [0.1, 0.15) is 13.8 Å². The van der Waals surface area contributed by atoms with E-state index in [0.29, 0.717) is 10.2 Å². The van der Waals surface area contributed by atoms with Crippen LogP contribution in [-0.4, -0.2) is 17.2 Å². The third kappa shape index (κ3) is 3.20. The lowest BCUT2D eigenvalue weighted by molar-refractivity contribution is -0.147. The second-order valence-corrected chi connectivity index (χ2v) is 4.55. The van der Waals surface area contributed by atoms with Crippen LogP contribution >= 0.6 is 15.9 Å². The minimum absolute atomic E-state index is 0.172. The van der Waals surface area contributed by atoms with Crippen molar-refractivity contribution < 1.29 is 19.0 Å². The Hall–Kier alpha value is -1.10. The predicted octanol–water partition coefficient (Wildman–Crippen LogP) is 3.08. The first kappa shape index (κ1) is 13.0. The molecule has 0 amide bonds. The molecule has 1 unspecified atom stereocenters. The number of rotatable bonds is 4. The maximum Gasteiger partial charge on any atom is 0.345 e. The van der Waals surface area contributed by atoms with Crippen LogP contribution in [0, 0.1) is 11.7 Å². The van der Waals surface area contributed by atoms with Crippen molar-refractivity contribution >= 4 is 21.9 Å². The van der Waals surface area contributed by atoms with Crippen LogP contribution in [0.4, 0.5) is 4.39 Å². The van der Waals surface area contributed by atoms with Crippen LogP contribution in [0.2, 0.25) is 0 Å². The van der Waals surface area contributed by atoms with Gasteiger partial charge in [-0.25, -0.2) is 9.18 Å². The number of carbonyl (C=O) groups is 1. The third-order valence-electron chi connectivity index (χ3n) is 2.00. The number of halogens is 2. The van der Waals surface area contributed by atoms with Crippen molar-refractivity contribution in [2.24, 2.45) is 5.92 Å². The van der Waals surface area contributed by atoms with Gasteiger partial charge in [-0.15, -0.1) is 0 Å². The maximum atomic E-state index is 12.8. The molecule has 16 heavy (non-hydrogen) atoms. The lowest BCUT2D eigenvalue weighted by Gasteiger charge is -2.19. The molecular formula is C11H12BrFO3. The summed E-state index contributed by atoms with van der Waals surface area (Å²) >= 11 is 3.12. The summed E-state index contributed by atoms with van der Waals surface area (Å²) in [7, 11) is 0. The molecule has 1 aromatic carbocycles. The van der Waals surface area contributed by atoms with Crippen LogP contribution in [0.5, 0.6) is 5.75 Å². The van der Waals surface area contributed by atoms with E-state index in [4.69, 9.17) is 9.84 Å². The lowest BCUT2D eigenvalue weighted by Crippen LogP contribution is -2.32. The van der Waals surface area contributed by atoms with E-state index in [-0.39, 0.29) is 5.92 Å². The van der Waals surface area contributed by atoms with Crippen LogP contribution in [0.3, 0.4) is 0 Å². The van der Waals surface area contributed by atoms with Gasteiger partial charge in [0.2, 0.25) is 0 Å². The van der Waals surface area contributed by atoms with E-state index in [9.17, 15) is 9.18 Å². The molecule has 0 saturated heterocycles. The van der Waals surface area contributed by atoms with Crippen LogP contribution in [0.25, 0.3) is 0 Å². The molecule has 0 bridgehead atoms. The molecule has 0 spiro atoms. The largest absolute Gasteiger partial charge is 0.478 e. The molecule has 0 aromatic heterocycles. The van der Waals surface area contributed by atoms with Crippen molar-refractivity contribution in [3.05, 3.63) is 28.5 Å². The highest BCUT2D eigenvalue weighted by molar-refractivity contribution is 9.10. The average Bonchev–Trinajstić information content (AvgIpc) is 2.15. The highest BCUT2D eigenvalue weighted by Crippen LogP contribution is 2.27. The zero-order valence-corrected chi connectivity index (χ0v) is 10.5. The van der Waals surface area contributed by atoms with Gasteiger partial charge in [0, 0.05) is 5.92 Å². The number of benzene rings is 1. The molecule has 0 saturated carbocycles. The minimum Gasteiger partial charge on any atom is -0.478 e. The van der Waals surface area contributed by atoms with Gasteiger partial charge in [0.1, 0.15) is 11.6 Å². The number of hydrogen-bond acceptors (Lipinski definition) is 2. The van der Waals surface area contributed by atoms with Gasteiger partial charge in [-0.05, 0) is 34.1 Å². The van der Waals surface area contributed by atoms with E-state index in [0.717, 1.165) is 0 Å². The molecule has 0 aliphatic rings. The smallest absolute Gasteiger partial charge is 0.345 e. The van der Waals surface area contributed by atoms with Gasteiger partial charge in [-0.3, -0.25) is 0 Å². The van der Waals surface area contributed by atoms with Crippen LogP contribution < -0.4 is 4.74 Å². The molecule has 1 aromatic rings. The van der Waals surface area contributed by atoms with E-state index < -0.39 is 17.9 Å². The summed E-state index contributed by atoms with van der Waals surface area (Å²) in [6.07, 6.45) is -0.943. The summed E-state index contributed by atoms with van der Waals surface area (Å²) < 4.78 is 18.5. The van der Waals surface area contributed by atoms with E-state index in [1.54, 1.807) is 13.8 Å². The molecule has 3 nitrogen and oxygen atoms in total. The van der Waals surface area contributed by atoms with Crippen molar-refractivity contribution in [2.45, 2.75) is 20.0 Å². The van der Waals surface area contributed by atoms with Crippen molar-refractivity contribution in [2.75, 3.05) is 0 Å². The Morgan fingerprint density at radius 1 is 1.50 bits per heavy atom. The molecule has 0 aliphatic carbocycles. The van der Waals surface area contributed by atoms with Gasteiger partial charge in [0.05, 0.1) is 4.47 Å². The zero-order valence-electron chi connectivity index (χ0n) is 8.91. The molecule has 0 fully saturated rings. The van der Waals surface area contributed by atoms with E-state index in [1.165, 1.54) is 18.2 Å². The first-order chi connectivity index (χ1) is 7.41. The number of hydrogen-bond donors (Lipinski definition) is 1. The Morgan fingerprint density at radius 2 is 2.12 bits per heavy atom. The van der Waals surface area contributed by atoms with Gasteiger partial charge in [0.25, 0.3) is 0 Å². The molecular weight excluding hydrogens is 279 g/mol. The summed E-state index contributed by atoms with van der Waals surface area (Å²) in [6, 6.07) is 3.85. The standard InChI is InChI=1S/C11H12BrFO3/c1-6(2)10(11(14)15)16-9-4-3-7(13)5-8(9)12/h3-6,10H,1-2H3,(H,14,15). The van der Waals surface area contributed by atoms with Gasteiger partial charge >= 0.3 is 5.97 Å². The second kappa shape index (κ2) is 5.30. The third-order valence-corrected chi connectivity index (χ3v) is 2.62. The van der Waals surface area contributed by atoms with Gasteiger partial charge < -0.3 is 9.84 Å². The molecule has 1 N–H and O–H groups in total. The Labute approximate surface area is 101 Å². The molecule has 0 aliphatic heterocycles. The fraction of sp³-hybridized carbons (Fsp3) is 0.364. The quantitative estimate of drug-likeness (QED) is 0.927. The second-order valence-electron chi connectivity index (χ2n) is 3.70. The number of ether oxygens (including phenoxy) is 1. The van der Waals surface area contributed by atoms with Crippen molar-refractivity contribution in [3.8, 4) is 5.75 Å². The van der Waals surface area contributed by atoms with Crippen molar-refractivity contribution in [3.63, 3.8) is 0 Å². The topological polar surface area (TPSA) is 46.5 Å². The minimum atomic E-state index is -1.04. The highest BCUT2D eigenvalue weighted by atomic mass is 79.9. The van der Waals surface area contributed by atoms with Gasteiger partial charge in [-0.2, -0.15) is 0 Å². The van der Waals surface area contributed by atoms with Crippen molar-refractivity contribution in [1.82, 2.24) is 0 Å². The van der Waals surface area contributed by atoms with E-state index in [1.807, 2.05) is 0 Å². The zero-order chi connectivity index (χ0) is 12.3. The maximum absolute atomic E-state index is 12.8. The number of carboxylic acid groups (broad SMARTS) is 1. The molecule has 1 rings (SSSR count). The molecule has 1 atom stereocenters. The first-order valence-electron chi connectivity index (χ1n) is 4.76. The molecule has 0 radical (unpaired) electrons. The average molecular weight is 291 g/mol. The van der Waals surface area contributed by atoms with E-state index in [2.05, 4.69) is 15.9 Å².